The van der Waals surface area contributed by atoms with Crippen molar-refractivity contribution in [2.75, 3.05) is 0 Å². The number of halogens is 6. The maximum atomic E-state index is 3.69. The van der Waals surface area contributed by atoms with Crippen molar-refractivity contribution in [2.45, 2.75) is 33.6 Å². The van der Waals surface area contributed by atoms with E-state index in [9.17, 15) is 0 Å². The van der Waals surface area contributed by atoms with E-state index in [1.54, 1.807) is 0 Å². The number of aryl methyl sites for hydroxylation is 2. The van der Waals surface area contributed by atoms with Gasteiger partial charge in [-0.25, -0.2) is 0 Å². The summed E-state index contributed by atoms with van der Waals surface area (Å²) in [7, 11) is -3.75. The van der Waals surface area contributed by atoms with Gasteiger partial charge in [0.05, 0.1) is 19.8 Å². The summed E-state index contributed by atoms with van der Waals surface area (Å²) in [6.45, 7) is 4.37. The summed E-state index contributed by atoms with van der Waals surface area (Å²) < 4.78 is 0.308. The molecular formula is C54H48Br6P2. The summed E-state index contributed by atoms with van der Waals surface area (Å²) in [4.78, 5) is 0. The topological polar surface area (TPSA) is 0 Å². The molecule has 0 radical (unpaired) electrons. The van der Waals surface area contributed by atoms with Crippen molar-refractivity contribution >= 4 is 110 Å². The van der Waals surface area contributed by atoms with E-state index in [-0.39, 0.29) is 41.4 Å². The summed E-state index contributed by atoms with van der Waals surface area (Å²) in [6.07, 6.45) is 1.98. The van der Waals surface area contributed by atoms with Gasteiger partial charge in [-0.2, -0.15) is 0 Å². The number of rotatable bonds is 12. The molecule has 0 fully saturated rings. The first kappa shape index (κ1) is 50.5. The lowest BCUT2D eigenvalue weighted by molar-refractivity contribution is -0.001000. The van der Waals surface area contributed by atoms with Crippen LogP contribution in [-0.4, -0.2) is 0 Å². The highest BCUT2D eigenvalue weighted by atomic mass is 79.9. The average Bonchev–Trinajstić information content (AvgIpc) is 3.29. The van der Waals surface area contributed by atoms with Crippen LogP contribution in [0.2, 0.25) is 0 Å². The minimum absolute atomic E-state index is 0. The molecule has 8 aromatic rings. The van der Waals surface area contributed by atoms with Gasteiger partial charge in [0, 0.05) is 0 Å². The van der Waals surface area contributed by atoms with Crippen LogP contribution in [0.4, 0.5) is 0 Å². The number of hydrogen-bond donors (Lipinski definition) is 0. The van der Waals surface area contributed by atoms with Crippen LogP contribution in [0.25, 0.3) is 0 Å². The highest BCUT2D eigenvalue weighted by Crippen LogP contribution is 2.59. The summed E-state index contributed by atoms with van der Waals surface area (Å²) in [5.74, 6) is 0. The maximum absolute atomic E-state index is 3.69. The van der Waals surface area contributed by atoms with Crippen LogP contribution in [0.3, 0.4) is 0 Å². The van der Waals surface area contributed by atoms with Crippen molar-refractivity contribution in [1.82, 2.24) is 0 Å². The molecule has 8 aromatic carbocycles. The quantitative estimate of drug-likeness (QED) is 0.0851. The van der Waals surface area contributed by atoms with Gasteiger partial charge in [-0.3, -0.25) is 0 Å². The summed E-state index contributed by atoms with van der Waals surface area (Å²) >= 11 is 14.8. The van der Waals surface area contributed by atoms with Gasteiger partial charge in [0.2, 0.25) is 0 Å². The number of alkyl halides is 4. The number of benzene rings is 8. The molecule has 0 atom stereocenters. The molecule has 0 amide bonds. The highest BCUT2D eigenvalue weighted by Gasteiger charge is 2.46. The lowest BCUT2D eigenvalue weighted by Gasteiger charge is -2.28. The normalized spacial score (nSPS) is 11.2. The van der Waals surface area contributed by atoms with Gasteiger partial charge in [-0.15, -0.1) is 0 Å². The van der Waals surface area contributed by atoms with Crippen molar-refractivity contribution in [3.63, 3.8) is 0 Å². The maximum Gasteiger partial charge on any atom is 0.116 e. The molecule has 0 aliphatic heterocycles. The van der Waals surface area contributed by atoms with Crippen LogP contribution in [0, 0.1) is 13.8 Å². The van der Waals surface area contributed by atoms with Gasteiger partial charge in [-0.05, 0) is 109 Å². The highest BCUT2D eigenvalue weighted by molar-refractivity contribution is 9.24. The van der Waals surface area contributed by atoms with E-state index in [1.165, 1.54) is 65.2 Å². The Morgan fingerprint density at radius 3 is 0.726 bits per heavy atom. The van der Waals surface area contributed by atoms with Crippen molar-refractivity contribution in [3.8, 4) is 0 Å². The predicted molar refractivity (Wildman–Crippen MR) is 281 cm³/mol. The first-order chi connectivity index (χ1) is 29.2. The Hall–Kier alpha value is -2.50. The van der Waals surface area contributed by atoms with Crippen LogP contribution >= 0.6 is 78.2 Å². The fourth-order valence-corrected chi connectivity index (χ4v) is 17.8. The summed E-state index contributed by atoms with van der Waals surface area (Å²) in [5, 5.41) is 8.50. The first-order valence-electron chi connectivity index (χ1n) is 20.1. The van der Waals surface area contributed by atoms with Crippen LogP contribution in [0.15, 0.2) is 218 Å². The van der Waals surface area contributed by atoms with Crippen molar-refractivity contribution < 1.29 is 34.0 Å². The van der Waals surface area contributed by atoms with Gasteiger partial charge in [0.25, 0.3) is 0 Å². The van der Waals surface area contributed by atoms with Gasteiger partial charge < -0.3 is 34.0 Å². The van der Waals surface area contributed by atoms with E-state index < -0.39 is 14.5 Å². The molecule has 8 heteroatoms. The predicted octanol–water partition coefficient (Wildman–Crippen LogP) is 8.56. The third-order valence-electron chi connectivity index (χ3n) is 10.8. The zero-order valence-electron chi connectivity index (χ0n) is 34.5. The molecule has 0 unspecified atom stereocenters. The Morgan fingerprint density at radius 2 is 0.532 bits per heavy atom. The second-order valence-corrected chi connectivity index (χ2v) is 28.1. The molecule has 0 nitrogen and oxygen atoms in total. The van der Waals surface area contributed by atoms with Crippen molar-refractivity contribution in [2.24, 2.45) is 0 Å². The van der Waals surface area contributed by atoms with E-state index in [0.29, 0.717) is 0 Å². The Bertz CT molecular complexity index is 2180. The Labute approximate surface area is 425 Å². The first-order valence-corrected chi connectivity index (χ1v) is 27.7. The summed E-state index contributed by atoms with van der Waals surface area (Å²) in [6, 6.07) is 80.3. The lowest BCUT2D eigenvalue weighted by atomic mass is 10.1. The molecule has 8 rings (SSSR count). The van der Waals surface area contributed by atoms with E-state index in [2.05, 4.69) is 296 Å². The van der Waals surface area contributed by atoms with Crippen molar-refractivity contribution in [3.05, 3.63) is 252 Å². The Kier molecular flexibility index (Phi) is 19.7. The molecule has 0 saturated heterocycles. The molecule has 0 saturated carbocycles. The van der Waals surface area contributed by atoms with E-state index in [0.717, 1.165) is 12.3 Å². The largest absolute Gasteiger partial charge is 1.00 e. The van der Waals surface area contributed by atoms with E-state index in [4.69, 9.17) is 0 Å². The number of hydrogen-bond acceptors (Lipinski definition) is 0. The minimum atomic E-state index is -1.88. The standard InChI is InChI=1S/2C27H24Br2P.2BrH/c2*1-21-17-22(19-23(18-21)27(28)29)20-30(24-11-5-2-6-12-24,25-13-7-3-8-14-25)26-15-9-4-10-16-26;;/h2*2-19,27H,20H2,1H3;2*1H/q2*+1;;/p-2. The van der Waals surface area contributed by atoms with E-state index in [1.807, 2.05) is 0 Å². The molecule has 0 aromatic heterocycles. The van der Waals surface area contributed by atoms with E-state index >= 15 is 0 Å². The average molecular weight is 1240 g/mol. The molecule has 0 heterocycles. The van der Waals surface area contributed by atoms with Crippen LogP contribution in [-0.2, 0) is 12.3 Å². The third kappa shape index (κ3) is 12.0. The smallest absolute Gasteiger partial charge is 0.116 e. The zero-order valence-corrected chi connectivity index (χ0v) is 45.8. The third-order valence-corrected chi connectivity index (χ3v) is 21.7. The Balaban J connectivity index is 0.000000227. The molecule has 0 bridgehead atoms. The molecule has 316 valence electrons. The fourth-order valence-electron chi connectivity index (χ4n) is 8.31. The lowest BCUT2D eigenvalue weighted by Crippen LogP contribution is -3.00. The van der Waals surface area contributed by atoms with Crippen molar-refractivity contribution in [1.29, 1.82) is 0 Å². The van der Waals surface area contributed by atoms with Gasteiger partial charge in [-0.1, -0.05) is 220 Å². The molecular weight excluding hydrogens is 1190 g/mol. The monoisotopic (exact) mass is 1230 g/mol. The van der Waals surface area contributed by atoms with Gasteiger partial charge in [0.15, 0.2) is 0 Å². The van der Waals surface area contributed by atoms with Gasteiger partial charge in [0.1, 0.15) is 46.4 Å². The van der Waals surface area contributed by atoms with Gasteiger partial charge >= 0.3 is 0 Å². The van der Waals surface area contributed by atoms with Crippen LogP contribution in [0.5, 0.6) is 0 Å². The molecule has 62 heavy (non-hydrogen) atoms. The minimum Gasteiger partial charge on any atom is -1.00 e. The fraction of sp³-hybridized carbons (Fsp3) is 0.111. The zero-order chi connectivity index (χ0) is 42.0. The SMILES string of the molecule is Cc1cc(C[P+](c2ccccc2)(c2ccccc2)c2ccccc2)cc(C(Br)Br)c1.Cc1cc(C[P+](c2ccccc2)(c2ccccc2)c2ccccc2)cc(C(Br)Br)c1.[Br-].[Br-]. The van der Waals surface area contributed by atoms with Crippen LogP contribution < -0.4 is 65.8 Å². The molecule has 0 aliphatic carbocycles. The molecule has 0 spiro atoms. The second-order valence-electron chi connectivity index (χ2n) is 15.1. The second kappa shape index (κ2) is 24.1. The molecule has 0 aliphatic rings. The summed E-state index contributed by atoms with van der Waals surface area (Å²) in [5.41, 5.74) is 7.85. The van der Waals surface area contributed by atoms with Crippen LogP contribution in [0.1, 0.15) is 40.9 Å². The Morgan fingerprint density at radius 1 is 0.323 bits per heavy atom. The molecule has 0 N–H and O–H groups in total.